The molecule has 0 atom stereocenters. The zero-order valence-corrected chi connectivity index (χ0v) is 15.5. The molecular weight excluding hydrogens is 266 g/mol. The van der Waals surface area contributed by atoms with Crippen molar-refractivity contribution >= 4 is 5.69 Å². The van der Waals surface area contributed by atoms with Crippen molar-refractivity contribution in [1.29, 1.82) is 0 Å². The molecule has 22 heavy (non-hydrogen) atoms. The van der Waals surface area contributed by atoms with Gasteiger partial charge in [0.2, 0.25) is 0 Å². The highest BCUT2D eigenvalue weighted by atomic mass is 15.4. The van der Waals surface area contributed by atoms with Crippen LogP contribution in [-0.4, -0.2) is 19.6 Å². The monoisotopic (exact) mass is 304 g/mol. The van der Waals surface area contributed by atoms with E-state index in [1.165, 1.54) is 86.7 Å². The Morgan fingerprint density at radius 2 is 1.18 bits per heavy atom. The highest BCUT2D eigenvalue weighted by Crippen LogP contribution is 2.26. The van der Waals surface area contributed by atoms with E-state index in [9.17, 15) is 0 Å². The first-order valence-corrected chi connectivity index (χ1v) is 9.61. The Morgan fingerprint density at radius 1 is 0.636 bits per heavy atom. The number of hydrogen-bond acceptors (Lipinski definition) is 0. The molecule has 1 aromatic carbocycles. The first-order chi connectivity index (χ1) is 10.7. The molecule has 1 nitrogen and oxygen atoms in total. The van der Waals surface area contributed by atoms with E-state index in [1.54, 1.807) is 0 Å². The maximum atomic E-state index is 2.37. The molecule has 0 amide bonds. The molecule has 0 spiro atoms. The van der Waals surface area contributed by atoms with Gasteiger partial charge in [-0.3, -0.25) is 4.48 Å². The summed E-state index contributed by atoms with van der Waals surface area (Å²) in [6.45, 7) is 13.0. The Kier molecular flexibility index (Phi) is 9.47. The van der Waals surface area contributed by atoms with Crippen LogP contribution in [0.25, 0.3) is 0 Å². The summed E-state index contributed by atoms with van der Waals surface area (Å²) < 4.78 is 1.20. The van der Waals surface area contributed by atoms with Crippen molar-refractivity contribution in [2.75, 3.05) is 19.6 Å². The van der Waals surface area contributed by atoms with Gasteiger partial charge in [-0.05, 0) is 44.7 Å². The minimum absolute atomic E-state index is 1.20. The molecule has 0 fully saturated rings. The molecule has 0 N–H and O–H groups in total. The number of benzene rings is 1. The van der Waals surface area contributed by atoms with E-state index < -0.39 is 0 Å². The van der Waals surface area contributed by atoms with Crippen LogP contribution >= 0.6 is 0 Å². The lowest BCUT2D eigenvalue weighted by atomic mass is 10.1. The summed E-state index contributed by atoms with van der Waals surface area (Å²) in [4.78, 5) is 0. The third-order valence-corrected chi connectivity index (χ3v) is 4.82. The molecule has 0 bridgehead atoms. The number of nitrogens with zero attached hydrogens (tertiary/aromatic N) is 1. The second-order valence-electron chi connectivity index (χ2n) is 6.92. The predicted molar refractivity (Wildman–Crippen MR) is 102 cm³/mol. The van der Waals surface area contributed by atoms with Gasteiger partial charge in [0.05, 0.1) is 19.6 Å². The van der Waals surface area contributed by atoms with Crippen LogP contribution in [0.3, 0.4) is 0 Å². The number of rotatable bonds is 12. The van der Waals surface area contributed by atoms with Crippen molar-refractivity contribution in [1.82, 2.24) is 4.48 Å². The van der Waals surface area contributed by atoms with Crippen molar-refractivity contribution in [2.45, 2.75) is 79.1 Å². The lowest BCUT2D eigenvalue weighted by Gasteiger charge is -2.38. The van der Waals surface area contributed by atoms with E-state index in [1.807, 2.05) is 0 Å². The van der Waals surface area contributed by atoms with Crippen molar-refractivity contribution in [3.8, 4) is 0 Å². The maximum absolute atomic E-state index is 2.37. The molecule has 0 radical (unpaired) electrons. The van der Waals surface area contributed by atoms with Gasteiger partial charge in [0, 0.05) is 0 Å². The average Bonchev–Trinajstić information content (AvgIpc) is 2.51. The van der Waals surface area contributed by atoms with Gasteiger partial charge in [0.1, 0.15) is 5.69 Å². The Bertz CT molecular complexity index is 373. The zero-order chi connectivity index (χ0) is 16.3. The average molecular weight is 305 g/mol. The van der Waals surface area contributed by atoms with Crippen molar-refractivity contribution < 1.29 is 0 Å². The second-order valence-corrected chi connectivity index (χ2v) is 6.92. The lowest BCUT2D eigenvalue weighted by molar-refractivity contribution is 0.265. The molecule has 0 saturated carbocycles. The summed E-state index contributed by atoms with van der Waals surface area (Å²) >= 11 is 0. The summed E-state index contributed by atoms with van der Waals surface area (Å²) in [5, 5.41) is 0. The summed E-state index contributed by atoms with van der Waals surface area (Å²) in [7, 11) is 0. The number of quaternary nitrogens is 1. The van der Waals surface area contributed by atoms with Crippen LogP contribution in [0, 0.1) is 6.92 Å². The van der Waals surface area contributed by atoms with E-state index in [-0.39, 0.29) is 0 Å². The van der Waals surface area contributed by atoms with Gasteiger partial charge in [0.25, 0.3) is 0 Å². The number of hydrogen-bond donors (Lipinski definition) is 0. The van der Waals surface area contributed by atoms with Crippen molar-refractivity contribution in [3.63, 3.8) is 0 Å². The smallest absolute Gasteiger partial charge is 0.132 e. The topological polar surface area (TPSA) is 0 Å². The number of unbranched alkanes of at least 4 members (excludes halogenated alkanes) is 5. The maximum Gasteiger partial charge on any atom is 0.132 e. The minimum atomic E-state index is 1.20. The Morgan fingerprint density at radius 3 is 1.73 bits per heavy atom. The second kappa shape index (κ2) is 10.8. The quantitative estimate of drug-likeness (QED) is 0.306. The van der Waals surface area contributed by atoms with Crippen LogP contribution in [0.2, 0.25) is 0 Å². The van der Waals surface area contributed by atoms with Gasteiger partial charge in [-0.1, -0.05) is 64.2 Å². The standard InChI is InChI=1S/C21H38N/c1-5-8-9-10-11-12-19-22(17-6-2,18-7-3)21-15-13-20(4)14-16-21/h13-16H,5-12,17-19H2,1-4H3/q+1. The molecule has 0 aliphatic rings. The fourth-order valence-corrected chi connectivity index (χ4v) is 3.63. The molecule has 0 unspecified atom stereocenters. The van der Waals surface area contributed by atoms with Crippen LogP contribution in [0.4, 0.5) is 5.69 Å². The lowest BCUT2D eigenvalue weighted by Crippen LogP contribution is -2.51. The molecule has 0 heterocycles. The minimum Gasteiger partial charge on any atom is -0.291 e. The molecule has 1 aromatic rings. The van der Waals surface area contributed by atoms with Gasteiger partial charge in [-0.25, -0.2) is 0 Å². The van der Waals surface area contributed by atoms with E-state index >= 15 is 0 Å². The van der Waals surface area contributed by atoms with Gasteiger partial charge < -0.3 is 0 Å². The van der Waals surface area contributed by atoms with Gasteiger partial charge in [-0.15, -0.1) is 0 Å². The van der Waals surface area contributed by atoms with Crippen molar-refractivity contribution in [3.05, 3.63) is 29.8 Å². The van der Waals surface area contributed by atoms with E-state index in [2.05, 4.69) is 52.0 Å². The molecular formula is C21H38N+. The SMILES string of the molecule is CCCCCCCC[N+](CCC)(CCC)c1ccc(C)cc1. The summed E-state index contributed by atoms with van der Waals surface area (Å²) in [6.07, 6.45) is 10.9. The van der Waals surface area contributed by atoms with E-state index in [0.29, 0.717) is 0 Å². The molecule has 0 aliphatic carbocycles. The fraction of sp³-hybridized carbons (Fsp3) is 0.714. The van der Waals surface area contributed by atoms with Crippen LogP contribution in [0.1, 0.15) is 77.7 Å². The molecule has 1 rings (SSSR count). The van der Waals surface area contributed by atoms with Crippen LogP contribution in [0.5, 0.6) is 0 Å². The number of aryl methyl sites for hydroxylation is 1. The van der Waals surface area contributed by atoms with Gasteiger partial charge in [0.15, 0.2) is 0 Å². The van der Waals surface area contributed by atoms with Crippen LogP contribution in [-0.2, 0) is 0 Å². The zero-order valence-electron chi connectivity index (χ0n) is 15.5. The largest absolute Gasteiger partial charge is 0.291 e. The Labute approximate surface area is 139 Å². The first-order valence-electron chi connectivity index (χ1n) is 9.61. The van der Waals surface area contributed by atoms with Crippen LogP contribution in [0.15, 0.2) is 24.3 Å². The molecule has 1 heteroatoms. The summed E-state index contributed by atoms with van der Waals surface area (Å²) in [6, 6.07) is 9.32. The van der Waals surface area contributed by atoms with Gasteiger partial charge in [-0.2, -0.15) is 0 Å². The third kappa shape index (κ3) is 6.12. The van der Waals surface area contributed by atoms with Crippen LogP contribution < -0.4 is 4.48 Å². The first kappa shape index (κ1) is 19.2. The predicted octanol–water partition coefficient (Wildman–Crippen LogP) is 6.48. The third-order valence-electron chi connectivity index (χ3n) is 4.82. The van der Waals surface area contributed by atoms with E-state index in [0.717, 1.165) is 0 Å². The molecule has 0 aliphatic heterocycles. The highest BCUT2D eigenvalue weighted by molar-refractivity contribution is 5.44. The van der Waals surface area contributed by atoms with Crippen molar-refractivity contribution in [2.24, 2.45) is 0 Å². The summed E-state index contributed by atoms with van der Waals surface area (Å²) in [5.74, 6) is 0. The molecule has 0 aromatic heterocycles. The Hall–Kier alpha value is -0.820. The van der Waals surface area contributed by atoms with Gasteiger partial charge >= 0.3 is 0 Å². The Balaban J connectivity index is 2.70. The normalized spacial score (nSPS) is 11.8. The highest BCUT2D eigenvalue weighted by Gasteiger charge is 2.27. The molecule has 0 saturated heterocycles. The van der Waals surface area contributed by atoms with E-state index in [4.69, 9.17) is 0 Å². The fourth-order valence-electron chi connectivity index (χ4n) is 3.63. The molecule has 126 valence electrons. The summed E-state index contributed by atoms with van der Waals surface area (Å²) in [5.41, 5.74) is 2.90.